The van der Waals surface area contributed by atoms with Gasteiger partial charge in [-0.2, -0.15) is 0 Å². The maximum atomic E-state index is 12.1. The Morgan fingerprint density at radius 2 is 1.81 bits per heavy atom. The number of benzene rings is 1. The van der Waals surface area contributed by atoms with E-state index in [0.29, 0.717) is 0 Å². The van der Waals surface area contributed by atoms with Gasteiger partial charge in [0.25, 0.3) is 0 Å². The van der Waals surface area contributed by atoms with Gasteiger partial charge in [0.15, 0.2) is 5.78 Å². The van der Waals surface area contributed by atoms with Gasteiger partial charge in [-0.25, -0.2) is 0 Å². The van der Waals surface area contributed by atoms with Crippen LogP contribution in [-0.4, -0.2) is 18.9 Å². The molecule has 0 bridgehead atoms. The summed E-state index contributed by atoms with van der Waals surface area (Å²) in [5.74, 6) is 0.325. The van der Waals surface area contributed by atoms with Gasteiger partial charge in [0.2, 0.25) is 0 Å². The van der Waals surface area contributed by atoms with Crippen LogP contribution in [0.3, 0.4) is 0 Å². The Morgan fingerprint density at radius 1 is 1.19 bits per heavy atom. The number of anilines is 1. The molecule has 1 saturated heterocycles. The van der Waals surface area contributed by atoms with Crippen molar-refractivity contribution in [2.45, 2.75) is 26.7 Å². The van der Waals surface area contributed by atoms with Gasteiger partial charge in [0, 0.05) is 30.3 Å². The lowest BCUT2D eigenvalue weighted by atomic mass is 9.99. The highest BCUT2D eigenvalue weighted by Crippen LogP contribution is 2.26. The maximum absolute atomic E-state index is 12.1. The van der Waals surface area contributed by atoms with E-state index in [2.05, 4.69) is 11.0 Å². The van der Waals surface area contributed by atoms with Crippen LogP contribution in [0.1, 0.15) is 37.0 Å². The molecule has 2 heteroatoms. The lowest BCUT2D eigenvalue weighted by Crippen LogP contribution is -2.21. The highest BCUT2D eigenvalue weighted by Gasteiger charge is 2.20. The summed E-state index contributed by atoms with van der Waals surface area (Å²) in [6.07, 6.45) is 2.48. The van der Waals surface area contributed by atoms with Gasteiger partial charge in [-0.3, -0.25) is 4.79 Å². The minimum absolute atomic E-state index is 0.0729. The SMILES string of the molecule is CC(C)C(=O)c1ccccc1N1CCCC1. The molecule has 1 heterocycles. The van der Waals surface area contributed by atoms with E-state index in [4.69, 9.17) is 0 Å². The molecule has 0 N–H and O–H groups in total. The van der Waals surface area contributed by atoms with Crippen LogP contribution >= 0.6 is 0 Å². The predicted octanol–water partition coefficient (Wildman–Crippen LogP) is 3.13. The molecule has 0 aliphatic carbocycles. The zero-order valence-corrected chi connectivity index (χ0v) is 10.1. The number of ketones is 1. The lowest BCUT2D eigenvalue weighted by Gasteiger charge is -2.21. The van der Waals surface area contributed by atoms with E-state index in [1.54, 1.807) is 0 Å². The van der Waals surface area contributed by atoms with Crippen molar-refractivity contribution >= 4 is 11.5 Å². The van der Waals surface area contributed by atoms with E-state index >= 15 is 0 Å². The van der Waals surface area contributed by atoms with Crippen LogP contribution in [-0.2, 0) is 0 Å². The highest BCUT2D eigenvalue weighted by molar-refractivity contribution is 6.02. The van der Waals surface area contributed by atoms with Crippen LogP contribution in [0.5, 0.6) is 0 Å². The fourth-order valence-corrected chi connectivity index (χ4v) is 2.23. The van der Waals surface area contributed by atoms with Crippen LogP contribution in [0.4, 0.5) is 5.69 Å². The molecule has 1 aliphatic rings. The number of carbonyl (C=O) groups excluding carboxylic acids is 1. The third-order valence-electron chi connectivity index (χ3n) is 3.14. The van der Waals surface area contributed by atoms with E-state index in [1.165, 1.54) is 12.8 Å². The standard InChI is InChI=1S/C14H19NO/c1-11(2)14(16)12-7-3-4-8-13(12)15-9-5-6-10-15/h3-4,7-8,11H,5-6,9-10H2,1-2H3. The van der Waals surface area contributed by atoms with E-state index in [-0.39, 0.29) is 11.7 Å². The van der Waals surface area contributed by atoms with Crippen LogP contribution in [0.25, 0.3) is 0 Å². The van der Waals surface area contributed by atoms with E-state index in [9.17, 15) is 4.79 Å². The van der Waals surface area contributed by atoms with Crippen LogP contribution in [0, 0.1) is 5.92 Å². The second-order valence-corrected chi connectivity index (χ2v) is 4.73. The van der Waals surface area contributed by atoms with Crippen LogP contribution < -0.4 is 4.90 Å². The monoisotopic (exact) mass is 217 g/mol. The normalized spacial score (nSPS) is 15.8. The Bertz CT molecular complexity index is 378. The van der Waals surface area contributed by atoms with Crippen molar-refractivity contribution in [3.05, 3.63) is 29.8 Å². The maximum Gasteiger partial charge on any atom is 0.167 e. The zero-order valence-electron chi connectivity index (χ0n) is 10.1. The van der Waals surface area contributed by atoms with Crippen LogP contribution in [0.2, 0.25) is 0 Å². The Morgan fingerprint density at radius 3 is 2.44 bits per heavy atom. The van der Waals surface area contributed by atoms with Gasteiger partial charge in [-0.15, -0.1) is 0 Å². The predicted molar refractivity (Wildman–Crippen MR) is 67.1 cm³/mol. The first kappa shape index (κ1) is 11.2. The second-order valence-electron chi connectivity index (χ2n) is 4.73. The van der Waals surface area contributed by atoms with E-state index < -0.39 is 0 Å². The molecule has 2 nitrogen and oxygen atoms in total. The summed E-state index contributed by atoms with van der Waals surface area (Å²) >= 11 is 0. The molecule has 0 atom stereocenters. The molecule has 0 radical (unpaired) electrons. The molecule has 1 fully saturated rings. The molecular formula is C14H19NO. The first-order valence-corrected chi connectivity index (χ1v) is 6.08. The number of rotatable bonds is 3. The van der Waals surface area contributed by atoms with E-state index in [0.717, 1.165) is 24.3 Å². The number of Topliss-reactive ketones (excluding diaryl/α,β-unsaturated/α-hetero) is 1. The van der Waals surface area contributed by atoms with Gasteiger partial charge in [-0.05, 0) is 25.0 Å². The first-order chi connectivity index (χ1) is 7.70. The Kier molecular flexibility index (Phi) is 3.28. The third kappa shape index (κ3) is 2.11. The first-order valence-electron chi connectivity index (χ1n) is 6.08. The number of nitrogens with zero attached hydrogens (tertiary/aromatic N) is 1. The minimum Gasteiger partial charge on any atom is -0.371 e. The van der Waals surface area contributed by atoms with Gasteiger partial charge in [0.05, 0.1) is 0 Å². The summed E-state index contributed by atoms with van der Waals surface area (Å²) in [4.78, 5) is 14.4. The van der Waals surface area contributed by atoms with Crippen molar-refractivity contribution in [2.75, 3.05) is 18.0 Å². The van der Waals surface area contributed by atoms with Crippen molar-refractivity contribution in [2.24, 2.45) is 5.92 Å². The average Bonchev–Trinajstić information content (AvgIpc) is 2.81. The summed E-state index contributed by atoms with van der Waals surface area (Å²) in [5, 5.41) is 0. The number of carbonyl (C=O) groups is 1. The van der Waals surface area contributed by atoms with Crippen LogP contribution in [0.15, 0.2) is 24.3 Å². The number of hydrogen-bond acceptors (Lipinski definition) is 2. The largest absolute Gasteiger partial charge is 0.371 e. The molecule has 1 aromatic rings. The Hall–Kier alpha value is -1.31. The van der Waals surface area contributed by atoms with Gasteiger partial charge >= 0.3 is 0 Å². The Balaban J connectivity index is 2.33. The lowest BCUT2D eigenvalue weighted by molar-refractivity contribution is 0.0940. The van der Waals surface area contributed by atoms with Crippen molar-refractivity contribution in [1.29, 1.82) is 0 Å². The summed E-state index contributed by atoms with van der Waals surface area (Å²) in [6, 6.07) is 8.00. The van der Waals surface area contributed by atoms with Crippen molar-refractivity contribution < 1.29 is 4.79 Å². The third-order valence-corrected chi connectivity index (χ3v) is 3.14. The molecule has 0 amide bonds. The average molecular weight is 217 g/mol. The molecule has 0 saturated carbocycles. The minimum atomic E-state index is 0.0729. The Labute approximate surface area is 97.3 Å². The zero-order chi connectivity index (χ0) is 11.5. The summed E-state index contributed by atoms with van der Waals surface area (Å²) in [7, 11) is 0. The van der Waals surface area contributed by atoms with Gasteiger partial charge < -0.3 is 4.90 Å². The van der Waals surface area contributed by atoms with E-state index in [1.807, 2.05) is 32.0 Å². The molecule has 0 spiro atoms. The topological polar surface area (TPSA) is 20.3 Å². The fraction of sp³-hybridized carbons (Fsp3) is 0.500. The quantitative estimate of drug-likeness (QED) is 0.725. The smallest absolute Gasteiger partial charge is 0.167 e. The van der Waals surface area contributed by atoms with Gasteiger partial charge in [-0.1, -0.05) is 26.0 Å². The highest BCUT2D eigenvalue weighted by atomic mass is 16.1. The molecule has 1 aliphatic heterocycles. The number of hydrogen-bond donors (Lipinski definition) is 0. The second kappa shape index (κ2) is 4.69. The molecule has 0 unspecified atom stereocenters. The summed E-state index contributed by atoms with van der Waals surface area (Å²) in [6.45, 7) is 6.09. The molecule has 0 aromatic heterocycles. The fourth-order valence-electron chi connectivity index (χ4n) is 2.23. The molecule has 2 rings (SSSR count). The number of para-hydroxylation sites is 1. The molecule has 1 aromatic carbocycles. The van der Waals surface area contributed by atoms with Gasteiger partial charge in [0.1, 0.15) is 0 Å². The summed E-state index contributed by atoms with van der Waals surface area (Å²) in [5.41, 5.74) is 2.01. The molecule has 16 heavy (non-hydrogen) atoms. The molecule has 86 valence electrons. The summed E-state index contributed by atoms with van der Waals surface area (Å²) < 4.78 is 0. The van der Waals surface area contributed by atoms with Crippen molar-refractivity contribution in [1.82, 2.24) is 0 Å². The molecular weight excluding hydrogens is 198 g/mol. The van der Waals surface area contributed by atoms with Crippen molar-refractivity contribution in [3.63, 3.8) is 0 Å². The van der Waals surface area contributed by atoms with Crippen molar-refractivity contribution in [3.8, 4) is 0 Å².